The molecular weight excluding hydrogens is 342 g/mol. The number of hydrogen-bond acceptors (Lipinski definition) is 3. The lowest BCUT2D eigenvalue weighted by atomic mass is 10.2. The number of methoxy groups -OCH3 is 1. The number of nitrogens with one attached hydrogen (secondary N) is 2. The summed E-state index contributed by atoms with van der Waals surface area (Å²) < 4.78 is 18.3. The number of ether oxygens (including phenoxy) is 1. The van der Waals surface area contributed by atoms with Crippen molar-refractivity contribution in [3.8, 4) is 5.75 Å². The lowest BCUT2D eigenvalue weighted by Gasteiger charge is -2.17. The molecule has 2 rings (SSSR count). The summed E-state index contributed by atoms with van der Waals surface area (Å²) in [6, 6.07) is 8.49. The average molecular weight is 357 g/mol. The highest BCUT2D eigenvalue weighted by Crippen LogP contribution is 2.28. The summed E-state index contributed by atoms with van der Waals surface area (Å²) >= 11 is 11.6. The second kappa shape index (κ2) is 7.53. The smallest absolute Gasteiger partial charge is 0.246 e. The van der Waals surface area contributed by atoms with Gasteiger partial charge in [0.1, 0.15) is 17.6 Å². The highest BCUT2D eigenvalue weighted by atomic mass is 35.5. The van der Waals surface area contributed by atoms with Gasteiger partial charge in [-0.15, -0.1) is 0 Å². The van der Waals surface area contributed by atoms with E-state index in [0.717, 1.165) is 0 Å². The van der Waals surface area contributed by atoms with Crippen molar-refractivity contribution >= 4 is 40.5 Å². The van der Waals surface area contributed by atoms with Gasteiger partial charge in [0.2, 0.25) is 5.91 Å². The van der Waals surface area contributed by atoms with E-state index in [4.69, 9.17) is 27.9 Å². The van der Waals surface area contributed by atoms with Gasteiger partial charge in [0.25, 0.3) is 0 Å². The molecule has 0 unspecified atom stereocenters. The predicted octanol–water partition coefficient (Wildman–Crippen LogP) is 4.58. The predicted molar refractivity (Wildman–Crippen MR) is 91.1 cm³/mol. The first kappa shape index (κ1) is 17.4. The summed E-state index contributed by atoms with van der Waals surface area (Å²) in [4.78, 5) is 12.3. The molecule has 23 heavy (non-hydrogen) atoms. The van der Waals surface area contributed by atoms with Gasteiger partial charge in [-0.3, -0.25) is 4.79 Å². The summed E-state index contributed by atoms with van der Waals surface area (Å²) in [7, 11) is 1.50. The van der Waals surface area contributed by atoms with Gasteiger partial charge in [-0.25, -0.2) is 4.39 Å². The maximum Gasteiger partial charge on any atom is 0.246 e. The Morgan fingerprint density at radius 2 is 1.96 bits per heavy atom. The summed E-state index contributed by atoms with van der Waals surface area (Å²) in [5, 5.41) is 6.14. The Morgan fingerprint density at radius 3 is 2.61 bits per heavy atom. The van der Waals surface area contributed by atoms with Crippen molar-refractivity contribution in [2.45, 2.75) is 13.0 Å². The molecule has 2 N–H and O–H groups in total. The number of anilines is 2. The zero-order chi connectivity index (χ0) is 17.0. The second-order valence-corrected chi connectivity index (χ2v) is 5.67. The van der Waals surface area contributed by atoms with Crippen molar-refractivity contribution in [1.29, 1.82) is 0 Å². The number of carbonyl (C=O) groups is 1. The van der Waals surface area contributed by atoms with Crippen LogP contribution in [0.5, 0.6) is 5.75 Å². The molecule has 0 saturated carbocycles. The van der Waals surface area contributed by atoms with Gasteiger partial charge in [-0.1, -0.05) is 23.2 Å². The summed E-state index contributed by atoms with van der Waals surface area (Å²) in [6.45, 7) is 1.67. The van der Waals surface area contributed by atoms with Crippen molar-refractivity contribution in [1.82, 2.24) is 0 Å². The van der Waals surface area contributed by atoms with Crippen LogP contribution in [0.2, 0.25) is 10.0 Å². The highest BCUT2D eigenvalue weighted by Gasteiger charge is 2.15. The van der Waals surface area contributed by atoms with Crippen LogP contribution in [0.3, 0.4) is 0 Å². The SMILES string of the molecule is COc1ccc(Cl)cc1NC(=O)[C@H](C)Nc1ccc(F)c(Cl)c1. The normalized spacial score (nSPS) is 11.7. The molecule has 0 aromatic heterocycles. The first-order valence-electron chi connectivity index (χ1n) is 6.76. The maximum absolute atomic E-state index is 13.1. The molecule has 2 aromatic rings. The third-order valence-corrected chi connectivity index (χ3v) is 3.64. The topological polar surface area (TPSA) is 50.4 Å². The lowest BCUT2D eigenvalue weighted by molar-refractivity contribution is -0.116. The van der Waals surface area contributed by atoms with Crippen LogP contribution in [0.1, 0.15) is 6.92 Å². The Bertz CT molecular complexity index is 725. The number of hydrogen-bond donors (Lipinski definition) is 2. The van der Waals surface area contributed by atoms with E-state index in [9.17, 15) is 9.18 Å². The van der Waals surface area contributed by atoms with Gasteiger partial charge in [0.15, 0.2) is 0 Å². The van der Waals surface area contributed by atoms with Crippen molar-refractivity contribution in [2.75, 3.05) is 17.7 Å². The third kappa shape index (κ3) is 4.50. The van der Waals surface area contributed by atoms with Gasteiger partial charge in [-0.2, -0.15) is 0 Å². The van der Waals surface area contributed by atoms with E-state index in [1.54, 1.807) is 25.1 Å². The number of carbonyl (C=O) groups excluding carboxylic acids is 1. The van der Waals surface area contributed by atoms with Crippen LogP contribution in [0, 0.1) is 5.82 Å². The Hall–Kier alpha value is -1.98. The van der Waals surface area contributed by atoms with Crippen molar-refractivity contribution in [3.05, 3.63) is 52.3 Å². The van der Waals surface area contributed by atoms with Gasteiger partial charge in [0, 0.05) is 10.7 Å². The van der Waals surface area contributed by atoms with E-state index < -0.39 is 11.9 Å². The lowest BCUT2D eigenvalue weighted by Crippen LogP contribution is -2.32. The molecule has 0 radical (unpaired) electrons. The monoisotopic (exact) mass is 356 g/mol. The fourth-order valence-electron chi connectivity index (χ4n) is 1.92. The van der Waals surface area contributed by atoms with Gasteiger partial charge in [-0.05, 0) is 43.3 Å². The summed E-state index contributed by atoms with van der Waals surface area (Å²) in [5.41, 5.74) is 1.01. The van der Waals surface area contributed by atoms with Crippen LogP contribution >= 0.6 is 23.2 Å². The van der Waals surface area contributed by atoms with Crippen LogP contribution < -0.4 is 15.4 Å². The molecule has 0 aliphatic rings. The summed E-state index contributed by atoms with van der Waals surface area (Å²) in [6.07, 6.45) is 0. The zero-order valence-corrected chi connectivity index (χ0v) is 14.0. The molecule has 0 saturated heterocycles. The Kier molecular flexibility index (Phi) is 5.69. The molecule has 7 heteroatoms. The van der Waals surface area contributed by atoms with E-state index in [1.807, 2.05) is 0 Å². The van der Waals surface area contributed by atoms with Gasteiger partial charge >= 0.3 is 0 Å². The number of rotatable bonds is 5. The van der Waals surface area contributed by atoms with E-state index in [1.165, 1.54) is 25.3 Å². The zero-order valence-electron chi connectivity index (χ0n) is 12.5. The Morgan fingerprint density at radius 1 is 1.22 bits per heavy atom. The van der Waals surface area contributed by atoms with Crippen molar-refractivity contribution in [3.63, 3.8) is 0 Å². The molecule has 1 atom stereocenters. The van der Waals surface area contributed by atoms with Crippen molar-refractivity contribution in [2.24, 2.45) is 0 Å². The molecule has 0 heterocycles. The minimum atomic E-state index is -0.583. The van der Waals surface area contributed by atoms with Gasteiger partial charge in [0.05, 0.1) is 17.8 Å². The molecule has 1 amide bonds. The highest BCUT2D eigenvalue weighted by molar-refractivity contribution is 6.31. The first-order valence-corrected chi connectivity index (χ1v) is 7.52. The molecule has 0 spiro atoms. The van der Waals surface area contributed by atoms with E-state index in [0.29, 0.717) is 22.1 Å². The molecule has 0 aliphatic carbocycles. The third-order valence-electron chi connectivity index (χ3n) is 3.12. The number of halogens is 3. The molecule has 2 aromatic carbocycles. The van der Waals surface area contributed by atoms with E-state index in [-0.39, 0.29) is 10.9 Å². The minimum absolute atomic E-state index is 0.0147. The molecule has 0 bridgehead atoms. The Balaban J connectivity index is 2.08. The number of amides is 1. The molecule has 4 nitrogen and oxygen atoms in total. The standard InChI is InChI=1S/C16H15Cl2FN2O2/c1-9(20-11-4-5-13(19)12(18)8-11)16(22)21-14-7-10(17)3-6-15(14)23-2/h3-9,20H,1-2H3,(H,21,22)/t9-/m0/s1. The quantitative estimate of drug-likeness (QED) is 0.824. The molecule has 0 fully saturated rings. The molecule has 0 aliphatic heterocycles. The molecule has 122 valence electrons. The fourth-order valence-corrected chi connectivity index (χ4v) is 2.27. The van der Waals surface area contributed by atoms with E-state index >= 15 is 0 Å². The largest absolute Gasteiger partial charge is 0.495 e. The Labute approximate surface area is 143 Å². The second-order valence-electron chi connectivity index (χ2n) is 4.83. The fraction of sp³-hybridized carbons (Fsp3) is 0.188. The van der Waals surface area contributed by atoms with Crippen LogP contribution in [0.25, 0.3) is 0 Å². The van der Waals surface area contributed by atoms with Crippen LogP contribution in [-0.2, 0) is 4.79 Å². The van der Waals surface area contributed by atoms with E-state index in [2.05, 4.69) is 10.6 Å². The molecular formula is C16H15Cl2FN2O2. The first-order chi connectivity index (χ1) is 10.9. The minimum Gasteiger partial charge on any atom is -0.495 e. The van der Waals surface area contributed by atoms with Crippen LogP contribution in [0.4, 0.5) is 15.8 Å². The average Bonchev–Trinajstić information content (AvgIpc) is 2.51. The number of benzene rings is 2. The van der Waals surface area contributed by atoms with Crippen molar-refractivity contribution < 1.29 is 13.9 Å². The van der Waals surface area contributed by atoms with Gasteiger partial charge < -0.3 is 15.4 Å². The maximum atomic E-state index is 13.1. The van der Waals surface area contributed by atoms with Crippen LogP contribution in [-0.4, -0.2) is 19.1 Å². The van der Waals surface area contributed by atoms with Crippen LogP contribution in [0.15, 0.2) is 36.4 Å². The summed E-state index contributed by atoms with van der Waals surface area (Å²) in [5.74, 6) is -0.316.